The molecule has 0 saturated heterocycles. The minimum atomic E-state index is -1.67. The number of aromatic nitrogens is 2. The van der Waals surface area contributed by atoms with E-state index in [9.17, 15) is 22.8 Å². The molecule has 0 saturated carbocycles. The molecule has 1 aromatic carbocycles. The van der Waals surface area contributed by atoms with Crippen LogP contribution in [0.5, 0.6) is 0 Å². The van der Waals surface area contributed by atoms with E-state index >= 15 is 0 Å². The second-order valence-corrected chi connectivity index (χ2v) is 6.27. The third-order valence-corrected chi connectivity index (χ3v) is 4.35. The summed E-state index contributed by atoms with van der Waals surface area (Å²) in [5.41, 5.74) is 0.0670. The Hall–Kier alpha value is -2.84. The molecule has 6 nitrogen and oxygen atoms in total. The van der Waals surface area contributed by atoms with E-state index in [0.29, 0.717) is 25.2 Å². The molecule has 0 aliphatic carbocycles. The molecule has 0 unspecified atom stereocenters. The summed E-state index contributed by atoms with van der Waals surface area (Å²) < 4.78 is 41.9. The first kappa shape index (κ1) is 18.9. The molecule has 2 N–H and O–H groups in total. The summed E-state index contributed by atoms with van der Waals surface area (Å²) in [4.78, 5) is 29.1. The minimum absolute atomic E-state index is 0.0134. The van der Waals surface area contributed by atoms with Crippen LogP contribution in [0.2, 0.25) is 0 Å². The van der Waals surface area contributed by atoms with Crippen LogP contribution in [0.4, 0.5) is 18.9 Å². The van der Waals surface area contributed by atoms with Crippen molar-refractivity contribution in [3.63, 3.8) is 0 Å². The Morgan fingerprint density at radius 1 is 1.15 bits per heavy atom. The van der Waals surface area contributed by atoms with E-state index in [1.165, 1.54) is 0 Å². The molecular formula is C18H19F3N4O2. The minimum Gasteiger partial charge on any atom is -0.349 e. The topological polar surface area (TPSA) is 76.0 Å². The summed E-state index contributed by atoms with van der Waals surface area (Å²) in [6.07, 6.45) is 2.96. The van der Waals surface area contributed by atoms with Crippen LogP contribution in [0.25, 0.3) is 0 Å². The first-order chi connectivity index (χ1) is 12.9. The average Bonchev–Trinajstić information content (AvgIpc) is 3.06. The standard InChI is InChI=1S/C18H19F3N4O2/c1-2-8-22-18(27)16-24-15(12-5-3-4-9-25(12)16)17(26)23-11-7-6-10(19)13(20)14(11)21/h6-7H,2-5,8-9H2,1H3,(H,22,27)(H,23,26). The Bertz CT molecular complexity index is 895. The number of hydrogen-bond acceptors (Lipinski definition) is 3. The highest BCUT2D eigenvalue weighted by molar-refractivity contribution is 6.05. The number of anilines is 1. The number of nitrogens with zero attached hydrogens (tertiary/aromatic N) is 2. The van der Waals surface area contributed by atoms with E-state index < -0.39 is 35.0 Å². The van der Waals surface area contributed by atoms with Crippen LogP contribution < -0.4 is 10.6 Å². The zero-order chi connectivity index (χ0) is 19.6. The number of halogens is 3. The van der Waals surface area contributed by atoms with E-state index in [0.717, 1.165) is 31.4 Å². The van der Waals surface area contributed by atoms with Gasteiger partial charge in [-0.3, -0.25) is 9.59 Å². The number of benzene rings is 1. The maximum absolute atomic E-state index is 13.8. The van der Waals surface area contributed by atoms with Gasteiger partial charge in [0.2, 0.25) is 0 Å². The molecule has 0 spiro atoms. The van der Waals surface area contributed by atoms with Gasteiger partial charge in [-0.05, 0) is 37.8 Å². The molecule has 0 atom stereocenters. The number of fused-ring (bicyclic) bond motifs is 1. The Labute approximate surface area is 153 Å². The Morgan fingerprint density at radius 2 is 1.93 bits per heavy atom. The fourth-order valence-electron chi connectivity index (χ4n) is 3.02. The van der Waals surface area contributed by atoms with Gasteiger partial charge in [-0.1, -0.05) is 6.92 Å². The van der Waals surface area contributed by atoms with Crippen molar-refractivity contribution >= 4 is 17.5 Å². The zero-order valence-corrected chi connectivity index (χ0v) is 14.7. The van der Waals surface area contributed by atoms with E-state index in [2.05, 4.69) is 15.6 Å². The first-order valence-corrected chi connectivity index (χ1v) is 8.76. The molecule has 0 fully saturated rings. The summed E-state index contributed by atoms with van der Waals surface area (Å²) in [5.74, 6) is -5.55. The van der Waals surface area contributed by atoms with Gasteiger partial charge in [0.1, 0.15) is 0 Å². The van der Waals surface area contributed by atoms with E-state index in [1.807, 2.05) is 6.92 Å². The van der Waals surface area contributed by atoms with Crippen molar-refractivity contribution in [3.8, 4) is 0 Å². The zero-order valence-electron chi connectivity index (χ0n) is 14.7. The van der Waals surface area contributed by atoms with Gasteiger partial charge in [0.05, 0.1) is 11.4 Å². The Balaban J connectivity index is 1.92. The van der Waals surface area contributed by atoms with Crippen LogP contribution >= 0.6 is 0 Å². The van der Waals surface area contributed by atoms with Gasteiger partial charge >= 0.3 is 0 Å². The second-order valence-electron chi connectivity index (χ2n) is 6.27. The lowest BCUT2D eigenvalue weighted by Gasteiger charge is -2.17. The van der Waals surface area contributed by atoms with Gasteiger partial charge in [0.15, 0.2) is 29.0 Å². The molecule has 144 valence electrons. The van der Waals surface area contributed by atoms with Gasteiger partial charge in [0, 0.05) is 13.1 Å². The largest absolute Gasteiger partial charge is 0.349 e. The fraction of sp³-hybridized carbons (Fsp3) is 0.389. The molecule has 3 rings (SSSR count). The molecule has 0 bridgehead atoms. The number of imidazole rings is 1. The lowest BCUT2D eigenvalue weighted by Crippen LogP contribution is -2.28. The van der Waals surface area contributed by atoms with Crippen LogP contribution in [0.15, 0.2) is 12.1 Å². The lowest BCUT2D eigenvalue weighted by molar-refractivity contribution is 0.0937. The summed E-state index contributed by atoms with van der Waals surface area (Å²) >= 11 is 0. The van der Waals surface area contributed by atoms with Crippen LogP contribution in [0, 0.1) is 17.5 Å². The van der Waals surface area contributed by atoms with Gasteiger partial charge in [-0.2, -0.15) is 0 Å². The highest BCUT2D eigenvalue weighted by atomic mass is 19.2. The highest BCUT2D eigenvalue weighted by Gasteiger charge is 2.28. The maximum Gasteiger partial charge on any atom is 0.287 e. The van der Waals surface area contributed by atoms with Crippen molar-refractivity contribution < 1.29 is 22.8 Å². The molecule has 1 aliphatic rings. The third-order valence-electron chi connectivity index (χ3n) is 4.35. The smallest absolute Gasteiger partial charge is 0.287 e. The molecular weight excluding hydrogens is 361 g/mol. The lowest BCUT2D eigenvalue weighted by atomic mass is 10.1. The number of hydrogen-bond donors (Lipinski definition) is 2. The van der Waals surface area contributed by atoms with Gasteiger partial charge < -0.3 is 15.2 Å². The fourth-order valence-corrected chi connectivity index (χ4v) is 3.02. The monoisotopic (exact) mass is 380 g/mol. The molecule has 0 radical (unpaired) electrons. The third kappa shape index (κ3) is 3.67. The van der Waals surface area contributed by atoms with Crippen LogP contribution in [-0.2, 0) is 13.0 Å². The van der Waals surface area contributed by atoms with E-state index in [4.69, 9.17) is 0 Å². The number of carbonyl (C=O) groups excluding carboxylic acids is 2. The van der Waals surface area contributed by atoms with Crippen molar-refractivity contribution in [2.45, 2.75) is 39.2 Å². The molecule has 1 aliphatic heterocycles. The van der Waals surface area contributed by atoms with Crippen LogP contribution in [0.3, 0.4) is 0 Å². The second kappa shape index (κ2) is 7.81. The molecule has 9 heteroatoms. The van der Waals surface area contributed by atoms with Crippen molar-refractivity contribution in [1.82, 2.24) is 14.9 Å². The summed E-state index contributed by atoms with van der Waals surface area (Å²) in [6, 6.07) is 1.66. The van der Waals surface area contributed by atoms with Crippen molar-refractivity contribution in [2.75, 3.05) is 11.9 Å². The van der Waals surface area contributed by atoms with E-state index in [1.54, 1.807) is 4.57 Å². The molecule has 2 heterocycles. The SMILES string of the molecule is CCCNC(=O)c1nc(C(=O)Nc2ccc(F)c(F)c2F)c2n1CCCC2. The van der Waals surface area contributed by atoms with Crippen molar-refractivity contribution in [2.24, 2.45) is 0 Å². The van der Waals surface area contributed by atoms with Gasteiger partial charge in [-0.25, -0.2) is 18.2 Å². The first-order valence-electron chi connectivity index (χ1n) is 8.76. The predicted octanol–water partition coefficient (Wildman–Crippen LogP) is 3.03. The number of carbonyl (C=O) groups is 2. The number of amides is 2. The van der Waals surface area contributed by atoms with Gasteiger partial charge in [0.25, 0.3) is 11.8 Å². The molecule has 2 aromatic rings. The Morgan fingerprint density at radius 3 is 2.67 bits per heavy atom. The Kier molecular flexibility index (Phi) is 5.48. The summed E-state index contributed by atoms with van der Waals surface area (Å²) in [7, 11) is 0. The van der Waals surface area contributed by atoms with Crippen molar-refractivity contribution in [1.29, 1.82) is 0 Å². The average molecular weight is 380 g/mol. The van der Waals surface area contributed by atoms with Crippen LogP contribution in [-0.4, -0.2) is 27.9 Å². The molecule has 1 aromatic heterocycles. The van der Waals surface area contributed by atoms with E-state index in [-0.39, 0.29) is 11.5 Å². The van der Waals surface area contributed by atoms with Crippen LogP contribution in [0.1, 0.15) is 53.0 Å². The predicted molar refractivity (Wildman–Crippen MR) is 92.1 cm³/mol. The quantitative estimate of drug-likeness (QED) is 0.783. The normalized spacial score (nSPS) is 13.2. The van der Waals surface area contributed by atoms with Crippen molar-refractivity contribution in [3.05, 3.63) is 46.8 Å². The number of rotatable bonds is 5. The molecule has 27 heavy (non-hydrogen) atoms. The summed E-state index contributed by atoms with van der Waals surface area (Å²) in [5, 5.41) is 4.93. The molecule has 2 amide bonds. The maximum atomic E-state index is 13.8. The number of nitrogens with one attached hydrogen (secondary N) is 2. The highest BCUT2D eigenvalue weighted by Crippen LogP contribution is 2.24. The van der Waals surface area contributed by atoms with Gasteiger partial charge in [-0.15, -0.1) is 0 Å². The summed E-state index contributed by atoms with van der Waals surface area (Å²) in [6.45, 7) is 2.93.